The summed E-state index contributed by atoms with van der Waals surface area (Å²) >= 11 is 7.39. The van der Waals surface area contributed by atoms with Crippen LogP contribution in [0.4, 0.5) is 0 Å². The van der Waals surface area contributed by atoms with E-state index in [9.17, 15) is 14.4 Å². The molecule has 0 spiro atoms. The summed E-state index contributed by atoms with van der Waals surface area (Å²) < 4.78 is 5.40. The normalized spacial score (nSPS) is 14.2. The third kappa shape index (κ3) is 4.17. The van der Waals surface area contributed by atoms with Gasteiger partial charge in [0.05, 0.1) is 11.1 Å². The fraction of sp³-hybridized carbons (Fsp3) is 0.250. The second-order valence-corrected chi connectivity index (χ2v) is 7.48. The van der Waals surface area contributed by atoms with Crippen LogP contribution in [0.5, 0.6) is 0 Å². The van der Waals surface area contributed by atoms with Crippen molar-refractivity contribution in [1.82, 2.24) is 4.90 Å². The van der Waals surface area contributed by atoms with E-state index in [1.165, 1.54) is 11.8 Å². The Morgan fingerprint density at radius 3 is 2.22 bits per heavy atom. The Balaban J connectivity index is 1.77. The number of hydrogen-bond donors (Lipinski definition) is 0. The molecule has 0 fully saturated rings. The Morgan fingerprint density at radius 1 is 1.07 bits per heavy atom. The highest BCUT2D eigenvalue weighted by atomic mass is 35.5. The topological polar surface area (TPSA) is 63.7 Å². The number of fused-ring (bicyclic) bond motifs is 1. The van der Waals surface area contributed by atoms with Crippen LogP contribution >= 0.6 is 23.4 Å². The lowest BCUT2D eigenvalue weighted by Crippen LogP contribution is -2.46. The van der Waals surface area contributed by atoms with Crippen LogP contribution in [0, 0.1) is 0 Å². The molecule has 1 heterocycles. The summed E-state index contributed by atoms with van der Waals surface area (Å²) in [5, 5.41) is 0.592. The van der Waals surface area contributed by atoms with Crippen LogP contribution < -0.4 is 0 Å². The second kappa shape index (κ2) is 8.59. The van der Waals surface area contributed by atoms with E-state index >= 15 is 0 Å². The summed E-state index contributed by atoms with van der Waals surface area (Å²) in [6.07, 6.45) is 2.24. The van der Waals surface area contributed by atoms with Crippen molar-refractivity contribution in [3.63, 3.8) is 0 Å². The molecule has 0 N–H and O–H groups in total. The highest BCUT2D eigenvalue weighted by Gasteiger charge is 2.43. The summed E-state index contributed by atoms with van der Waals surface area (Å²) in [5.41, 5.74) is 1.42. The maximum Gasteiger partial charge on any atom is 0.329 e. The predicted octanol–water partition coefficient (Wildman–Crippen LogP) is 3.80. The Hall–Kier alpha value is -2.31. The molecule has 2 amide bonds. The molecule has 2 aromatic rings. The lowest BCUT2D eigenvalue weighted by molar-refractivity contribution is -0.149. The molecule has 1 aliphatic rings. The number of carbonyl (C=O) groups is 3. The minimum Gasteiger partial charge on any atom is -0.459 e. The molecular formula is C20H18ClNO4S. The number of nitrogens with zero attached hydrogens (tertiary/aromatic N) is 1. The van der Waals surface area contributed by atoms with Crippen LogP contribution in [0.3, 0.4) is 0 Å². The molecule has 5 nitrogen and oxygen atoms in total. The molecule has 140 valence electrons. The van der Waals surface area contributed by atoms with Gasteiger partial charge in [0, 0.05) is 5.02 Å². The third-order valence-corrected chi connectivity index (χ3v) is 5.19. The zero-order chi connectivity index (χ0) is 19.4. The largest absolute Gasteiger partial charge is 0.459 e. The Bertz CT molecular complexity index is 834. The van der Waals surface area contributed by atoms with E-state index < -0.39 is 23.8 Å². The quantitative estimate of drug-likeness (QED) is 0.519. The number of ether oxygens (including phenoxy) is 1. The monoisotopic (exact) mass is 403 g/mol. The van der Waals surface area contributed by atoms with Crippen LogP contribution in [-0.2, 0) is 16.1 Å². The molecule has 0 bridgehead atoms. The van der Waals surface area contributed by atoms with Crippen molar-refractivity contribution >= 4 is 41.1 Å². The zero-order valence-electron chi connectivity index (χ0n) is 14.7. The average Bonchev–Trinajstić information content (AvgIpc) is 2.93. The van der Waals surface area contributed by atoms with Gasteiger partial charge in [-0.3, -0.25) is 14.5 Å². The van der Waals surface area contributed by atoms with Gasteiger partial charge in [-0.25, -0.2) is 4.79 Å². The number of benzene rings is 2. The molecule has 2 aromatic carbocycles. The molecule has 1 aliphatic heterocycles. The van der Waals surface area contributed by atoms with Crippen molar-refractivity contribution in [3.8, 4) is 0 Å². The first-order chi connectivity index (χ1) is 13.0. The lowest BCUT2D eigenvalue weighted by Gasteiger charge is -2.24. The first kappa shape index (κ1) is 19.5. The molecule has 1 unspecified atom stereocenters. The number of amides is 2. The van der Waals surface area contributed by atoms with Crippen LogP contribution in [-0.4, -0.2) is 40.7 Å². The number of imide groups is 1. The van der Waals surface area contributed by atoms with Crippen molar-refractivity contribution in [3.05, 3.63) is 70.2 Å². The van der Waals surface area contributed by atoms with E-state index in [-0.39, 0.29) is 6.61 Å². The highest BCUT2D eigenvalue weighted by Crippen LogP contribution is 2.26. The molecule has 0 saturated carbocycles. The summed E-state index contributed by atoms with van der Waals surface area (Å²) in [6, 6.07) is 12.6. The lowest BCUT2D eigenvalue weighted by atomic mass is 10.1. The summed E-state index contributed by atoms with van der Waals surface area (Å²) in [5.74, 6) is -0.877. The van der Waals surface area contributed by atoms with Gasteiger partial charge in [-0.1, -0.05) is 35.9 Å². The predicted molar refractivity (Wildman–Crippen MR) is 105 cm³/mol. The summed E-state index contributed by atoms with van der Waals surface area (Å²) in [4.78, 5) is 39.2. The minimum atomic E-state index is -0.947. The van der Waals surface area contributed by atoms with E-state index in [1.807, 2.05) is 6.26 Å². The molecule has 0 saturated heterocycles. The van der Waals surface area contributed by atoms with Gasteiger partial charge >= 0.3 is 5.97 Å². The molecule has 0 radical (unpaired) electrons. The molecule has 0 aliphatic carbocycles. The summed E-state index contributed by atoms with van der Waals surface area (Å²) in [6.45, 7) is 0.0505. The number of halogens is 1. The first-order valence-electron chi connectivity index (χ1n) is 8.40. The van der Waals surface area contributed by atoms with Gasteiger partial charge in [-0.05, 0) is 48.3 Å². The molecule has 3 rings (SSSR count). The van der Waals surface area contributed by atoms with Crippen LogP contribution in [0.2, 0.25) is 5.02 Å². The van der Waals surface area contributed by atoms with Gasteiger partial charge in [0.1, 0.15) is 12.6 Å². The van der Waals surface area contributed by atoms with E-state index in [1.54, 1.807) is 48.5 Å². The third-order valence-electron chi connectivity index (χ3n) is 4.30. The number of esters is 1. The Labute approximate surface area is 166 Å². The van der Waals surface area contributed by atoms with Crippen LogP contribution in [0.15, 0.2) is 48.5 Å². The smallest absolute Gasteiger partial charge is 0.329 e. The average molecular weight is 404 g/mol. The maximum atomic E-state index is 12.7. The van der Waals surface area contributed by atoms with Crippen molar-refractivity contribution in [2.24, 2.45) is 0 Å². The van der Waals surface area contributed by atoms with Gasteiger partial charge in [-0.15, -0.1) is 0 Å². The van der Waals surface area contributed by atoms with E-state index in [2.05, 4.69) is 0 Å². The van der Waals surface area contributed by atoms with Crippen LogP contribution in [0.1, 0.15) is 32.7 Å². The second-order valence-electron chi connectivity index (χ2n) is 6.06. The number of carbonyl (C=O) groups excluding carboxylic acids is 3. The number of rotatable bonds is 7. The maximum absolute atomic E-state index is 12.7. The number of thioether (sulfide) groups is 1. The highest BCUT2D eigenvalue weighted by molar-refractivity contribution is 7.98. The van der Waals surface area contributed by atoms with Crippen molar-refractivity contribution in [2.45, 2.75) is 19.1 Å². The van der Waals surface area contributed by atoms with Gasteiger partial charge in [0.25, 0.3) is 11.8 Å². The van der Waals surface area contributed by atoms with E-state index in [4.69, 9.17) is 16.3 Å². The fourth-order valence-corrected chi connectivity index (χ4v) is 3.49. The van der Waals surface area contributed by atoms with Crippen LogP contribution in [0.25, 0.3) is 0 Å². The molecule has 27 heavy (non-hydrogen) atoms. The molecule has 0 aromatic heterocycles. The number of hydrogen-bond acceptors (Lipinski definition) is 5. The van der Waals surface area contributed by atoms with Crippen molar-refractivity contribution < 1.29 is 19.1 Å². The molecular weight excluding hydrogens is 386 g/mol. The van der Waals surface area contributed by atoms with Gasteiger partial charge < -0.3 is 4.74 Å². The fourth-order valence-electron chi connectivity index (χ4n) is 2.90. The van der Waals surface area contributed by atoms with E-state index in [0.717, 1.165) is 10.5 Å². The molecule has 1 atom stereocenters. The van der Waals surface area contributed by atoms with Gasteiger partial charge in [0.15, 0.2) is 0 Å². The Morgan fingerprint density at radius 2 is 1.67 bits per heavy atom. The Kier molecular flexibility index (Phi) is 6.19. The van der Waals surface area contributed by atoms with Crippen molar-refractivity contribution in [1.29, 1.82) is 0 Å². The van der Waals surface area contributed by atoms with Crippen molar-refractivity contribution in [2.75, 3.05) is 12.0 Å². The van der Waals surface area contributed by atoms with Gasteiger partial charge in [-0.2, -0.15) is 11.8 Å². The zero-order valence-corrected chi connectivity index (χ0v) is 16.3. The van der Waals surface area contributed by atoms with Gasteiger partial charge in [0.2, 0.25) is 0 Å². The standard InChI is InChI=1S/C20H18ClNO4S/c1-27-11-10-17(20(25)26-12-13-6-8-14(21)9-7-13)22-18(23)15-4-2-3-5-16(15)19(22)24/h2-9,17H,10-12H2,1H3. The summed E-state index contributed by atoms with van der Waals surface area (Å²) in [7, 11) is 0. The van der Waals surface area contributed by atoms with E-state index in [0.29, 0.717) is 28.3 Å². The first-order valence-corrected chi connectivity index (χ1v) is 10.2. The molecule has 7 heteroatoms. The minimum absolute atomic E-state index is 0.0505. The SMILES string of the molecule is CSCCC(C(=O)OCc1ccc(Cl)cc1)N1C(=O)c2ccccc2C1=O.